The summed E-state index contributed by atoms with van der Waals surface area (Å²) in [5.41, 5.74) is 0. The molecule has 0 aliphatic carbocycles. The first-order chi connectivity index (χ1) is 6.22. The predicted molar refractivity (Wildman–Crippen MR) is 61.5 cm³/mol. The Balaban J connectivity index is 3.28. The van der Waals surface area contributed by atoms with E-state index in [1.54, 1.807) is 0 Å². The van der Waals surface area contributed by atoms with Crippen molar-refractivity contribution in [1.82, 2.24) is 5.32 Å². The van der Waals surface area contributed by atoms with Gasteiger partial charge in [0, 0.05) is 11.9 Å². The van der Waals surface area contributed by atoms with E-state index in [0.717, 1.165) is 24.8 Å². The van der Waals surface area contributed by atoms with Gasteiger partial charge in [0.2, 0.25) is 0 Å². The van der Waals surface area contributed by atoms with Gasteiger partial charge in [0.25, 0.3) is 0 Å². The summed E-state index contributed by atoms with van der Waals surface area (Å²) in [4.78, 5) is 0. The van der Waals surface area contributed by atoms with Gasteiger partial charge in [-0.15, -0.1) is 11.6 Å². The molecule has 0 aromatic rings. The Labute approximate surface area is 88.2 Å². The lowest BCUT2D eigenvalue weighted by atomic mass is 10.0. The van der Waals surface area contributed by atoms with Gasteiger partial charge in [0.15, 0.2) is 0 Å². The predicted octanol–water partition coefficient (Wildman–Crippen LogP) is 3.42. The van der Waals surface area contributed by atoms with Crippen molar-refractivity contribution in [2.45, 2.75) is 52.5 Å². The minimum atomic E-state index is 0.691. The van der Waals surface area contributed by atoms with Crippen molar-refractivity contribution in [1.29, 1.82) is 0 Å². The van der Waals surface area contributed by atoms with Crippen LogP contribution in [-0.2, 0) is 0 Å². The largest absolute Gasteiger partial charge is 0.314 e. The van der Waals surface area contributed by atoms with Crippen molar-refractivity contribution in [3.63, 3.8) is 0 Å². The van der Waals surface area contributed by atoms with Gasteiger partial charge in [-0.05, 0) is 31.7 Å². The molecule has 0 saturated heterocycles. The van der Waals surface area contributed by atoms with Crippen LogP contribution in [0.5, 0.6) is 0 Å². The standard InChI is InChI=1S/C11H24ClN/c1-4-11(10(2)3)13-9-7-5-6-8-12/h10-11,13H,4-9H2,1-3H3. The second kappa shape index (κ2) is 8.83. The number of halogens is 1. The molecular formula is C11H24ClN. The van der Waals surface area contributed by atoms with E-state index in [1.165, 1.54) is 19.3 Å². The molecule has 0 rings (SSSR count). The zero-order valence-electron chi connectivity index (χ0n) is 9.28. The van der Waals surface area contributed by atoms with Crippen molar-refractivity contribution in [3.8, 4) is 0 Å². The summed E-state index contributed by atoms with van der Waals surface area (Å²) >= 11 is 5.60. The molecule has 0 aliphatic rings. The van der Waals surface area contributed by atoms with Crippen molar-refractivity contribution in [3.05, 3.63) is 0 Å². The van der Waals surface area contributed by atoms with Gasteiger partial charge in [0.05, 0.1) is 0 Å². The molecule has 80 valence electrons. The van der Waals surface area contributed by atoms with E-state index in [9.17, 15) is 0 Å². The molecule has 0 fully saturated rings. The fourth-order valence-electron chi connectivity index (χ4n) is 1.54. The van der Waals surface area contributed by atoms with Crippen molar-refractivity contribution in [2.24, 2.45) is 5.92 Å². The second-order valence-corrected chi connectivity index (χ2v) is 4.34. The number of unbranched alkanes of at least 4 members (excludes halogenated alkanes) is 2. The monoisotopic (exact) mass is 205 g/mol. The molecule has 1 nitrogen and oxygen atoms in total. The van der Waals surface area contributed by atoms with Crippen LogP contribution in [-0.4, -0.2) is 18.5 Å². The third kappa shape index (κ3) is 7.33. The minimum absolute atomic E-state index is 0.691. The van der Waals surface area contributed by atoms with Gasteiger partial charge in [0.1, 0.15) is 0 Å². The normalized spacial score (nSPS) is 13.6. The lowest BCUT2D eigenvalue weighted by Gasteiger charge is -2.20. The summed E-state index contributed by atoms with van der Waals surface area (Å²) in [6, 6.07) is 0.691. The molecule has 13 heavy (non-hydrogen) atoms. The molecule has 0 heterocycles. The van der Waals surface area contributed by atoms with Crippen LogP contribution in [0.1, 0.15) is 46.5 Å². The number of rotatable bonds is 8. The average Bonchev–Trinajstić information content (AvgIpc) is 2.10. The van der Waals surface area contributed by atoms with Gasteiger partial charge in [-0.25, -0.2) is 0 Å². The molecule has 1 atom stereocenters. The van der Waals surface area contributed by atoms with Crippen LogP contribution >= 0.6 is 11.6 Å². The molecule has 0 aromatic carbocycles. The molecule has 0 amide bonds. The van der Waals surface area contributed by atoms with Crippen LogP contribution in [0.15, 0.2) is 0 Å². The molecule has 0 aliphatic heterocycles. The van der Waals surface area contributed by atoms with Crippen LogP contribution in [0.3, 0.4) is 0 Å². The van der Waals surface area contributed by atoms with Gasteiger partial charge in [-0.3, -0.25) is 0 Å². The number of hydrogen-bond acceptors (Lipinski definition) is 1. The number of nitrogens with one attached hydrogen (secondary N) is 1. The summed E-state index contributed by atoms with van der Waals surface area (Å²) in [6.07, 6.45) is 4.90. The van der Waals surface area contributed by atoms with E-state index in [4.69, 9.17) is 11.6 Å². The summed E-state index contributed by atoms with van der Waals surface area (Å²) in [6.45, 7) is 7.95. The van der Waals surface area contributed by atoms with E-state index >= 15 is 0 Å². The van der Waals surface area contributed by atoms with Gasteiger partial charge in [-0.2, -0.15) is 0 Å². The van der Waals surface area contributed by atoms with E-state index in [-0.39, 0.29) is 0 Å². The second-order valence-electron chi connectivity index (χ2n) is 3.96. The van der Waals surface area contributed by atoms with Gasteiger partial charge < -0.3 is 5.32 Å². The van der Waals surface area contributed by atoms with Crippen molar-refractivity contribution in [2.75, 3.05) is 12.4 Å². The maximum atomic E-state index is 5.60. The van der Waals surface area contributed by atoms with E-state index < -0.39 is 0 Å². The summed E-state index contributed by atoms with van der Waals surface area (Å²) < 4.78 is 0. The average molecular weight is 206 g/mol. The van der Waals surface area contributed by atoms with E-state index in [1.807, 2.05) is 0 Å². The maximum Gasteiger partial charge on any atom is 0.0223 e. The Morgan fingerprint density at radius 2 is 1.85 bits per heavy atom. The first-order valence-electron chi connectivity index (χ1n) is 5.51. The summed E-state index contributed by atoms with van der Waals surface area (Å²) in [5.74, 6) is 1.56. The molecular weight excluding hydrogens is 182 g/mol. The molecule has 0 aromatic heterocycles. The van der Waals surface area contributed by atoms with Crippen LogP contribution in [0, 0.1) is 5.92 Å². The van der Waals surface area contributed by atoms with Crippen LogP contribution in [0.4, 0.5) is 0 Å². The fourth-order valence-corrected chi connectivity index (χ4v) is 1.72. The van der Waals surface area contributed by atoms with Crippen molar-refractivity contribution >= 4 is 11.6 Å². The Hall–Kier alpha value is 0.250. The SMILES string of the molecule is CCC(NCCCCCCl)C(C)C. The highest BCUT2D eigenvalue weighted by Gasteiger charge is 2.08. The molecule has 2 heteroatoms. The maximum absolute atomic E-state index is 5.60. The number of alkyl halides is 1. The zero-order valence-corrected chi connectivity index (χ0v) is 10.0. The van der Waals surface area contributed by atoms with Gasteiger partial charge in [-0.1, -0.05) is 27.2 Å². The highest BCUT2D eigenvalue weighted by Crippen LogP contribution is 2.05. The molecule has 0 bridgehead atoms. The van der Waals surface area contributed by atoms with Crippen LogP contribution in [0.25, 0.3) is 0 Å². The first kappa shape index (κ1) is 13.2. The van der Waals surface area contributed by atoms with E-state index in [2.05, 4.69) is 26.1 Å². The molecule has 0 saturated carbocycles. The highest BCUT2D eigenvalue weighted by molar-refractivity contribution is 6.17. The third-order valence-electron chi connectivity index (χ3n) is 2.46. The Morgan fingerprint density at radius 3 is 2.31 bits per heavy atom. The number of hydrogen-bond donors (Lipinski definition) is 1. The summed E-state index contributed by atoms with van der Waals surface area (Å²) in [5, 5.41) is 3.58. The van der Waals surface area contributed by atoms with Crippen molar-refractivity contribution < 1.29 is 0 Å². The third-order valence-corrected chi connectivity index (χ3v) is 2.73. The Morgan fingerprint density at radius 1 is 1.15 bits per heavy atom. The molecule has 1 unspecified atom stereocenters. The smallest absolute Gasteiger partial charge is 0.0223 e. The molecule has 0 radical (unpaired) electrons. The summed E-state index contributed by atoms with van der Waals surface area (Å²) in [7, 11) is 0. The minimum Gasteiger partial charge on any atom is -0.314 e. The topological polar surface area (TPSA) is 12.0 Å². The highest BCUT2D eigenvalue weighted by atomic mass is 35.5. The quantitative estimate of drug-likeness (QED) is 0.473. The van der Waals surface area contributed by atoms with Crippen LogP contribution in [0.2, 0.25) is 0 Å². The van der Waals surface area contributed by atoms with Crippen LogP contribution < -0.4 is 5.32 Å². The Bertz CT molecular complexity index is 104. The molecule has 1 N–H and O–H groups in total. The lowest BCUT2D eigenvalue weighted by molar-refractivity contribution is 0.385. The fraction of sp³-hybridized carbons (Fsp3) is 1.00. The van der Waals surface area contributed by atoms with Gasteiger partial charge >= 0.3 is 0 Å². The van der Waals surface area contributed by atoms with E-state index in [0.29, 0.717) is 6.04 Å². The Kier molecular flexibility index (Phi) is 9.00. The first-order valence-corrected chi connectivity index (χ1v) is 6.05. The molecule has 0 spiro atoms. The lowest BCUT2D eigenvalue weighted by Crippen LogP contribution is -2.33. The zero-order chi connectivity index (χ0) is 10.1.